The van der Waals surface area contributed by atoms with Crippen LogP contribution in [0.4, 0.5) is 8.78 Å². The number of thiophene rings is 1. The number of ether oxygens (including phenoxy) is 1. The highest BCUT2D eigenvalue weighted by molar-refractivity contribution is 7.14. The van der Waals surface area contributed by atoms with Crippen molar-refractivity contribution in [2.24, 2.45) is 0 Å². The number of nitrogens with one attached hydrogen (secondary N) is 1. The topological polar surface area (TPSA) is 51.2 Å². The van der Waals surface area contributed by atoms with Gasteiger partial charge in [-0.2, -0.15) is 8.78 Å². The third kappa shape index (κ3) is 3.97. The van der Waals surface area contributed by atoms with Crippen molar-refractivity contribution in [2.45, 2.75) is 20.0 Å². The van der Waals surface area contributed by atoms with E-state index in [-0.39, 0.29) is 10.6 Å². The predicted octanol–water partition coefficient (Wildman–Crippen LogP) is 3.09. The quantitative estimate of drug-likeness (QED) is 0.890. The molecule has 2 rings (SSSR count). The maximum Gasteiger partial charge on any atom is 0.387 e. The minimum Gasteiger partial charge on any atom is -0.433 e. The molecule has 0 spiro atoms. The number of halogens is 2. The molecule has 0 atom stereocenters. The molecule has 0 aliphatic heterocycles. The fraction of sp³-hybridized carbons (Fsp3) is 0.333. The monoisotopic (exact) mass is 318 g/mol. The fourth-order valence-corrected chi connectivity index (χ4v) is 3.03. The van der Waals surface area contributed by atoms with E-state index >= 15 is 0 Å². The maximum atomic E-state index is 12.3. The molecule has 20 heavy (non-hydrogen) atoms. The minimum atomic E-state index is -2.94. The summed E-state index contributed by atoms with van der Waals surface area (Å²) in [6.07, 6.45) is 0.602. The summed E-state index contributed by atoms with van der Waals surface area (Å²) >= 11 is 2.61. The largest absolute Gasteiger partial charge is 0.433 e. The van der Waals surface area contributed by atoms with Gasteiger partial charge in [-0.15, -0.1) is 22.7 Å². The molecule has 1 amide bonds. The molecular formula is C12H12F2N2O2S2. The standard InChI is InChI=1S/C12H12F2N2O2S2/c1-7-4-9(18-12(13)14)10(20-7)11(17)15-3-2-8-5-19-6-16-8/h4-6,12H,2-3H2,1H3,(H,15,17). The lowest BCUT2D eigenvalue weighted by molar-refractivity contribution is -0.0498. The van der Waals surface area contributed by atoms with E-state index in [9.17, 15) is 13.6 Å². The molecule has 0 fully saturated rings. The van der Waals surface area contributed by atoms with Crippen LogP contribution in [-0.4, -0.2) is 24.0 Å². The van der Waals surface area contributed by atoms with Crippen LogP contribution in [0.2, 0.25) is 0 Å². The van der Waals surface area contributed by atoms with E-state index < -0.39 is 12.5 Å². The fourth-order valence-electron chi connectivity index (χ4n) is 1.58. The molecule has 8 heteroatoms. The number of aromatic nitrogens is 1. The van der Waals surface area contributed by atoms with Gasteiger partial charge >= 0.3 is 6.61 Å². The number of rotatable bonds is 6. The molecule has 2 aromatic heterocycles. The summed E-state index contributed by atoms with van der Waals surface area (Å²) in [4.78, 5) is 16.9. The molecule has 2 aromatic rings. The molecule has 0 aliphatic carbocycles. The first-order valence-corrected chi connectivity index (χ1v) is 7.52. The average Bonchev–Trinajstić information content (AvgIpc) is 2.98. The van der Waals surface area contributed by atoms with E-state index in [0.29, 0.717) is 13.0 Å². The Morgan fingerprint density at radius 1 is 1.55 bits per heavy atom. The van der Waals surface area contributed by atoms with Crippen LogP contribution in [0.1, 0.15) is 20.2 Å². The van der Waals surface area contributed by atoms with Crippen molar-refractivity contribution < 1.29 is 18.3 Å². The lowest BCUT2D eigenvalue weighted by Crippen LogP contribution is -2.25. The number of hydrogen-bond donors (Lipinski definition) is 1. The number of carbonyl (C=O) groups is 1. The third-order valence-corrected chi connectivity index (χ3v) is 4.06. The molecule has 0 bridgehead atoms. The highest BCUT2D eigenvalue weighted by atomic mass is 32.1. The van der Waals surface area contributed by atoms with Crippen LogP contribution in [0.25, 0.3) is 0 Å². The van der Waals surface area contributed by atoms with Crippen LogP contribution in [-0.2, 0) is 6.42 Å². The van der Waals surface area contributed by atoms with Crippen LogP contribution in [0.15, 0.2) is 17.0 Å². The Morgan fingerprint density at radius 3 is 3.00 bits per heavy atom. The van der Waals surface area contributed by atoms with Gasteiger partial charge in [0, 0.05) is 23.2 Å². The number of hydrogen-bond acceptors (Lipinski definition) is 5. The maximum absolute atomic E-state index is 12.3. The van der Waals surface area contributed by atoms with Gasteiger partial charge in [-0.25, -0.2) is 4.98 Å². The van der Waals surface area contributed by atoms with Gasteiger partial charge in [-0.3, -0.25) is 4.79 Å². The molecule has 0 saturated heterocycles. The van der Waals surface area contributed by atoms with E-state index in [1.54, 1.807) is 12.4 Å². The second kappa shape index (κ2) is 6.76. The van der Waals surface area contributed by atoms with Crippen LogP contribution in [0.5, 0.6) is 5.75 Å². The number of alkyl halides is 2. The molecule has 0 radical (unpaired) electrons. The third-order valence-electron chi connectivity index (χ3n) is 2.39. The lowest BCUT2D eigenvalue weighted by Gasteiger charge is -2.06. The second-order valence-corrected chi connectivity index (χ2v) is 5.89. The van der Waals surface area contributed by atoms with Gasteiger partial charge in [0.1, 0.15) is 10.6 Å². The van der Waals surface area contributed by atoms with Gasteiger partial charge < -0.3 is 10.1 Å². The summed E-state index contributed by atoms with van der Waals surface area (Å²) in [6, 6.07) is 1.44. The number of nitrogens with zero attached hydrogens (tertiary/aromatic N) is 1. The van der Waals surface area contributed by atoms with Crippen molar-refractivity contribution in [2.75, 3.05) is 6.54 Å². The summed E-state index contributed by atoms with van der Waals surface area (Å²) in [5.41, 5.74) is 2.61. The second-order valence-electron chi connectivity index (χ2n) is 3.91. The van der Waals surface area contributed by atoms with E-state index in [1.807, 2.05) is 5.38 Å². The molecule has 1 N–H and O–H groups in total. The molecule has 0 aromatic carbocycles. The predicted molar refractivity (Wildman–Crippen MR) is 73.8 cm³/mol. The first kappa shape index (κ1) is 14.9. The zero-order chi connectivity index (χ0) is 14.5. The van der Waals surface area contributed by atoms with Crippen molar-refractivity contribution in [3.63, 3.8) is 0 Å². The Labute approximate surface area is 122 Å². The van der Waals surface area contributed by atoms with E-state index in [1.165, 1.54) is 17.4 Å². The summed E-state index contributed by atoms with van der Waals surface area (Å²) < 4.78 is 28.9. The van der Waals surface area contributed by atoms with Gasteiger partial charge in [0.25, 0.3) is 5.91 Å². The number of carbonyl (C=O) groups excluding carboxylic acids is 1. The molecular weight excluding hydrogens is 306 g/mol. The first-order valence-electron chi connectivity index (χ1n) is 5.76. The number of thiazole rings is 1. The molecule has 108 valence electrons. The molecule has 0 unspecified atom stereocenters. The average molecular weight is 318 g/mol. The van der Waals surface area contributed by atoms with Crippen molar-refractivity contribution in [3.8, 4) is 5.75 Å². The summed E-state index contributed by atoms with van der Waals surface area (Å²) in [7, 11) is 0. The van der Waals surface area contributed by atoms with Crippen LogP contribution in [0.3, 0.4) is 0 Å². The molecule has 0 saturated carbocycles. The Kier molecular flexibility index (Phi) is 5.02. The molecule has 2 heterocycles. The Balaban J connectivity index is 1.94. The summed E-state index contributed by atoms with van der Waals surface area (Å²) in [5, 5.41) is 4.57. The first-order chi connectivity index (χ1) is 9.56. The van der Waals surface area contributed by atoms with E-state index in [2.05, 4.69) is 15.0 Å². The normalized spacial score (nSPS) is 10.8. The highest BCUT2D eigenvalue weighted by Crippen LogP contribution is 2.30. The van der Waals surface area contributed by atoms with Crippen molar-refractivity contribution >= 4 is 28.6 Å². The zero-order valence-electron chi connectivity index (χ0n) is 10.6. The van der Waals surface area contributed by atoms with Crippen molar-refractivity contribution in [1.82, 2.24) is 10.3 Å². The van der Waals surface area contributed by atoms with Gasteiger partial charge in [-0.1, -0.05) is 0 Å². The highest BCUT2D eigenvalue weighted by Gasteiger charge is 2.18. The van der Waals surface area contributed by atoms with Crippen molar-refractivity contribution in [1.29, 1.82) is 0 Å². The number of amides is 1. The van der Waals surface area contributed by atoms with Crippen molar-refractivity contribution in [3.05, 3.63) is 32.4 Å². The van der Waals surface area contributed by atoms with E-state index in [4.69, 9.17) is 0 Å². The van der Waals surface area contributed by atoms with E-state index in [0.717, 1.165) is 21.9 Å². The van der Waals surface area contributed by atoms with Gasteiger partial charge in [0.15, 0.2) is 0 Å². The minimum absolute atomic E-state index is 0.0753. The smallest absolute Gasteiger partial charge is 0.387 e. The van der Waals surface area contributed by atoms with Gasteiger partial charge in [0.05, 0.1) is 11.2 Å². The lowest BCUT2D eigenvalue weighted by atomic mass is 10.3. The Hall–Kier alpha value is -1.54. The number of aryl methyl sites for hydroxylation is 1. The van der Waals surface area contributed by atoms with Crippen LogP contribution < -0.4 is 10.1 Å². The Morgan fingerprint density at radius 2 is 2.35 bits per heavy atom. The van der Waals surface area contributed by atoms with Gasteiger partial charge in [0.2, 0.25) is 0 Å². The SMILES string of the molecule is Cc1cc(OC(F)F)c(C(=O)NCCc2cscn2)s1. The summed E-state index contributed by atoms with van der Waals surface area (Å²) in [5.74, 6) is -0.484. The van der Waals surface area contributed by atoms with Crippen LogP contribution >= 0.6 is 22.7 Å². The Bertz CT molecular complexity index is 570. The molecule has 4 nitrogen and oxygen atoms in total. The molecule has 0 aliphatic rings. The van der Waals surface area contributed by atoms with Crippen LogP contribution in [0, 0.1) is 6.92 Å². The zero-order valence-corrected chi connectivity index (χ0v) is 12.2. The van der Waals surface area contributed by atoms with Gasteiger partial charge in [-0.05, 0) is 13.0 Å². The summed E-state index contributed by atoms with van der Waals surface area (Å²) in [6.45, 7) is -0.812.